The number of benzene rings is 1. The van der Waals surface area contributed by atoms with Gasteiger partial charge >= 0.3 is 5.97 Å². The van der Waals surface area contributed by atoms with Crippen LogP contribution in [0.1, 0.15) is 43.1 Å². The maximum absolute atomic E-state index is 11.0. The number of aromatic carboxylic acids is 1. The van der Waals surface area contributed by atoms with Gasteiger partial charge in [-0.25, -0.2) is 9.78 Å². The van der Waals surface area contributed by atoms with E-state index >= 15 is 0 Å². The zero-order valence-corrected chi connectivity index (χ0v) is 13.9. The molecule has 0 unspecified atom stereocenters. The largest absolute Gasteiger partial charge is 0.493 e. The summed E-state index contributed by atoms with van der Waals surface area (Å²) >= 11 is 7.31. The molecular formula is C16H18ClNO3S. The molecule has 0 bridgehead atoms. The fourth-order valence-electron chi connectivity index (χ4n) is 2.00. The molecule has 0 aliphatic carbocycles. The zero-order chi connectivity index (χ0) is 15.9. The lowest BCUT2D eigenvalue weighted by Gasteiger charge is -2.10. The summed E-state index contributed by atoms with van der Waals surface area (Å²) in [6.45, 7) is 2.80. The summed E-state index contributed by atoms with van der Waals surface area (Å²) in [5.74, 6) is -0.348. The first-order valence-electron chi connectivity index (χ1n) is 7.23. The average Bonchev–Trinajstić information content (AvgIpc) is 2.98. The van der Waals surface area contributed by atoms with Crippen LogP contribution >= 0.6 is 22.9 Å². The minimum absolute atomic E-state index is 0.0360. The Morgan fingerprint density at radius 2 is 2.18 bits per heavy atom. The molecule has 0 atom stereocenters. The fraction of sp³-hybridized carbons (Fsp3) is 0.375. The van der Waals surface area contributed by atoms with E-state index in [1.165, 1.54) is 29.6 Å². The van der Waals surface area contributed by atoms with Gasteiger partial charge in [-0.3, -0.25) is 0 Å². The summed E-state index contributed by atoms with van der Waals surface area (Å²) in [5.41, 5.74) is 0.773. The van der Waals surface area contributed by atoms with Crippen LogP contribution in [0.2, 0.25) is 5.02 Å². The molecule has 1 heterocycles. The SMILES string of the molecule is CCCCCCOc1ccc(Cl)cc1-c1nc(C(=O)O)cs1. The molecule has 0 aliphatic rings. The molecule has 1 aromatic carbocycles. The van der Waals surface area contributed by atoms with E-state index in [4.69, 9.17) is 21.4 Å². The summed E-state index contributed by atoms with van der Waals surface area (Å²) in [6.07, 6.45) is 4.52. The van der Waals surface area contributed by atoms with E-state index in [9.17, 15) is 4.79 Å². The van der Waals surface area contributed by atoms with Crippen LogP contribution in [0.4, 0.5) is 0 Å². The van der Waals surface area contributed by atoms with Crippen LogP contribution < -0.4 is 4.74 Å². The van der Waals surface area contributed by atoms with Crippen LogP contribution in [0, 0.1) is 0 Å². The van der Waals surface area contributed by atoms with E-state index in [0.29, 0.717) is 22.4 Å². The molecule has 118 valence electrons. The average molecular weight is 340 g/mol. The maximum Gasteiger partial charge on any atom is 0.355 e. The van der Waals surface area contributed by atoms with Crippen molar-refractivity contribution in [1.82, 2.24) is 4.98 Å². The maximum atomic E-state index is 11.0. The third kappa shape index (κ3) is 4.45. The Hall–Kier alpha value is -1.59. The molecule has 6 heteroatoms. The highest BCUT2D eigenvalue weighted by Crippen LogP contribution is 2.34. The van der Waals surface area contributed by atoms with Gasteiger partial charge in [-0.05, 0) is 24.6 Å². The fourth-order valence-corrected chi connectivity index (χ4v) is 2.99. The molecule has 0 radical (unpaired) electrons. The van der Waals surface area contributed by atoms with Crippen molar-refractivity contribution in [1.29, 1.82) is 0 Å². The molecule has 0 fully saturated rings. The monoisotopic (exact) mass is 339 g/mol. The third-order valence-electron chi connectivity index (χ3n) is 3.15. The Balaban J connectivity index is 2.14. The lowest BCUT2D eigenvalue weighted by Crippen LogP contribution is -1.99. The Kier molecular flexibility index (Phi) is 6.21. The molecule has 1 aromatic heterocycles. The predicted octanol–water partition coefficient (Wildman–Crippen LogP) is 5.12. The molecule has 22 heavy (non-hydrogen) atoms. The first-order valence-corrected chi connectivity index (χ1v) is 8.49. The molecule has 4 nitrogen and oxygen atoms in total. The Bertz CT molecular complexity index is 642. The standard InChI is InChI=1S/C16H18ClNO3S/c1-2-3-4-5-8-21-14-7-6-11(17)9-12(14)15-18-13(10-22-15)16(19)20/h6-7,9-10H,2-5,8H2,1H3,(H,19,20). The van der Waals surface area contributed by atoms with Gasteiger partial charge < -0.3 is 9.84 Å². The summed E-state index contributed by atoms with van der Waals surface area (Å²) in [4.78, 5) is 15.1. The minimum atomic E-state index is -1.04. The summed E-state index contributed by atoms with van der Waals surface area (Å²) in [5, 5.41) is 11.7. The molecule has 2 rings (SSSR count). The van der Waals surface area contributed by atoms with E-state index in [-0.39, 0.29) is 5.69 Å². The summed E-state index contributed by atoms with van der Waals surface area (Å²) in [7, 11) is 0. The van der Waals surface area contributed by atoms with Crippen LogP contribution in [0.15, 0.2) is 23.6 Å². The van der Waals surface area contributed by atoms with Gasteiger partial charge in [0.25, 0.3) is 0 Å². The van der Waals surface area contributed by atoms with Crippen LogP contribution in [0.25, 0.3) is 10.6 Å². The minimum Gasteiger partial charge on any atom is -0.493 e. The van der Waals surface area contributed by atoms with Crippen LogP contribution in [0.3, 0.4) is 0 Å². The van der Waals surface area contributed by atoms with Crippen molar-refractivity contribution >= 4 is 28.9 Å². The van der Waals surface area contributed by atoms with Gasteiger partial charge in [0.15, 0.2) is 5.69 Å². The number of hydrogen-bond acceptors (Lipinski definition) is 4. The first-order chi connectivity index (χ1) is 10.6. The van der Waals surface area contributed by atoms with Gasteiger partial charge in [0.1, 0.15) is 10.8 Å². The second-order valence-electron chi connectivity index (χ2n) is 4.89. The van der Waals surface area contributed by atoms with Crippen molar-refractivity contribution in [3.63, 3.8) is 0 Å². The Labute approximate surface area is 138 Å². The van der Waals surface area contributed by atoms with E-state index in [1.54, 1.807) is 18.2 Å². The number of carbonyl (C=O) groups is 1. The van der Waals surface area contributed by atoms with Crippen molar-refractivity contribution in [2.75, 3.05) is 6.61 Å². The molecule has 0 spiro atoms. The number of carboxylic acids is 1. The van der Waals surface area contributed by atoms with Gasteiger partial charge in [-0.2, -0.15) is 0 Å². The number of carboxylic acid groups (broad SMARTS) is 1. The lowest BCUT2D eigenvalue weighted by atomic mass is 10.2. The number of halogens is 1. The van der Waals surface area contributed by atoms with Gasteiger partial charge in [0.2, 0.25) is 0 Å². The van der Waals surface area contributed by atoms with Gasteiger partial charge in [-0.15, -0.1) is 11.3 Å². The zero-order valence-electron chi connectivity index (χ0n) is 12.3. The molecule has 0 amide bonds. The van der Waals surface area contributed by atoms with E-state index in [2.05, 4.69) is 11.9 Å². The highest BCUT2D eigenvalue weighted by atomic mass is 35.5. The normalized spacial score (nSPS) is 10.6. The van der Waals surface area contributed by atoms with E-state index < -0.39 is 5.97 Å². The number of nitrogens with zero attached hydrogens (tertiary/aromatic N) is 1. The number of thiazole rings is 1. The number of aromatic nitrogens is 1. The topological polar surface area (TPSA) is 59.4 Å². The summed E-state index contributed by atoms with van der Waals surface area (Å²) in [6, 6.07) is 5.32. The number of ether oxygens (including phenoxy) is 1. The van der Waals surface area contributed by atoms with Crippen LogP contribution in [-0.4, -0.2) is 22.7 Å². The van der Waals surface area contributed by atoms with Crippen molar-refractivity contribution < 1.29 is 14.6 Å². The Morgan fingerprint density at radius 3 is 2.86 bits per heavy atom. The second kappa shape index (κ2) is 8.15. The highest BCUT2D eigenvalue weighted by Gasteiger charge is 2.14. The number of unbranched alkanes of at least 4 members (excludes halogenated alkanes) is 3. The smallest absolute Gasteiger partial charge is 0.355 e. The third-order valence-corrected chi connectivity index (χ3v) is 4.26. The Morgan fingerprint density at radius 1 is 1.36 bits per heavy atom. The lowest BCUT2D eigenvalue weighted by molar-refractivity contribution is 0.0691. The van der Waals surface area contributed by atoms with Crippen molar-refractivity contribution in [2.24, 2.45) is 0 Å². The molecule has 0 saturated carbocycles. The quantitative estimate of drug-likeness (QED) is 0.678. The molecule has 2 aromatic rings. The van der Waals surface area contributed by atoms with Crippen LogP contribution in [0.5, 0.6) is 5.75 Å². The number of hydrogen-bond donors (Lipinski definition) is 1. The van der Waals surface area contributed by atoms with Crippen molar-refractivity contribution in [3.8, 4) is 16.3 Å². The molecule has 0 saturated heterocycles. The van der Waals surface area contributed by atoms with Gasteiger partial charge in [-0.1, -0.05) is 37.8 Å². The highest BCUT2D eigenvalue weighted by molar-refractivity contribution is 7.13. The van der Waals surface area contributed by atoms with E-state index in [0.717, 1.165) is 18.4 Å². The van der Waals surface area contributed by atoms with Gasteiger partial charge in [0, 0.05) is 10.4 Å². The van der Waals surface area contributed by atoms with E-state index in [1.807, 2.05) is 0 Å². The van der Waals surface area contributed by atoms with Crippen molar-refractivity contribution in [2.45, 2.75) is 32.6 Å². The van der Waals surface area contributed by atoms with Crippen LogP contribution in [-0.2, 0) is 0 Å². The molecule has 0 aliphatic heterocycles. The predicted molar refractivity (Wildman–Crippen MR) is 89.2 cm³/mol. The summed E-state index contributed by atoms with van der Waals surface area (Å²) < 4.78 is 5.82. The first kappa shape index (κ1) is 16.8. The number of rotatable bonds is 8. The van der Waals surface area contributed by atoms with Gasteiger partial charge in [0.05, 0.1) is 12.2 Å². The molecular weight excluding hydrogens is 322 g/mol. The van der Waals surface area contributed by atoms with Crippen molar-refractivity contribution in [3.05, 3.63) is 34.3 Å². The second-order valence-corrected chi connectivity index (χ2v) is 6.19. The molecule has 1 N–H and O–H groups in total.